The first-order valence-corrected chi connectivity index (χ1v) is 11.3. The molecular formula is C24H43NO3. The average molecular weight is 394 g/mol. The molecule has 0 aromatic rings. The number of carboxylic acids is 1. The van der Waals surface area contributed by atoms with E-state index in [0.29, 0.717) is 6.54 Å². The molecule has 0 aliphatic carbocycles. The van der Waals surface area contributed by atoms with Gasteiger partial charge < -0.3 is 10.4 Å². The van der Waals surface area contributed by atoms with Crippen LogP contribution in [0.2, 0.25) is 0 Å². The van der Waals surface area contributed by atoms with E-state index in [1.165, 1.54) is 84.0 Å². The maximum absolute atomic E-state index is 11.8. The van der Waals surface area contributed by atoms with Crippen LogP contribution in [-0.2, 0) is 9.59 Å². The summed E-state index contributed by atoms with van der Waals surface area (Å²) < 4.78 is 0. The zero-order chi connectivity index (χ0) is 21.0. The number of hydrogen-bond donors (Lipinski definition) is 2. The molecule has 0 aromatic heterocycles. The lowest BCUT2D eigenvalue weighted by atomic mass is 10.1. The zero-order valence-corrected chi connectivity index (χ0v) is 18.5. The van der Waals surface area contributed by atoms with Crippen LogP contribution in [-0.4, -0.2) is 23.5 Å². The van der Waals surface area contributed by atoms with Gasteiger partial charge in [-0.3, -0.25) is 4.79 Å². The number of rotatable bonds is 18. The van der Waals surface area contributed by atoms with Gasteiger partial charge in [-0.25, -0.2) is 4.79 Å². The summed E-state index contributed by atoms with van der Waals surface area (Å²) in [7, 11) is 0. The van der Waals surface area contributed by atoms with Crippen LogP contribution in [0.4, 0.5) is 0 Å². The molecule has 0 aliphatic heterocycles. The maximum atomic E-state index is 11.8. The number of carboxylic acid groups (broad SMARTS) is 1. The number of hydrogen-bond acceptors (Lipinski definition) is 2. The average Bonchev–Trinajstić information content (AvgIpc) is 2.68. The minimum absolute atomic E-state index is 0.110. The van der Waals surface area contributed by atoms with E-state index in [-0.39, 0.29) is 17.1 Å². The molecular weight excluding hydrogens is 350 g/mol. The van der Waals surface area contributed by atoms with Gasteiger partial charge in [-0.05, 0) is 46.0 Å². The van der Waals surface area contributed by atoms with E-state index < -0.39 is 5.97 Å². The Morgan fingerprint density at radius 1 is 0.714 bits per heavy atom. The minimum atomic E-state index is -1.04. The molecule has 0 rings (SSSR count). The predicted molar refractivity (Wildman–Crippen MR) is 118 cm³/mol. The first kappa shape index (κ1) is 26.4. The summed E-state index contributed by atoms with van der Waals surface area (Å²) in [5.41, 5.74) is 0.399. The SMILES string of the molecule is CCCCCCCCC=CCCCCCCCCNC(=O)C(C)=C(C)C(=O)O. The fourth-order valence-corrected chi connectivity index (χ4v) is 3.04. The van der Waals surface area contributed by atoms with Crippen LogP contribution >= 0.6 is 0 Å². The van der Waals surface area contributed by atoms with Gasteiger partial charge in [-0.1, -0.05) is 76.9 Å². The third-order valence-corrected chi connectivity index (χ3v) is 5.20. The van der Waals surface area contributed by atoms with Crippen molar-refractivity contribution >= 4 is 11.9 Å². The van der Waals surface area contributed by atoms with Crippen molar-refractivity contribution < 1.29 is 14.7 Å². The Labute approximate surface area is 172 Å². The van der Waals surface area contributed by atoms with Gasteiger partial charge in [0.15, 0.2) is 0 Å². The van der Waals surface area contributed by atoms with Crippen molar-refractivity contribution in [2.24, 2.45) is 0 Å². The van der Waals surface area contributed by atoms with Gasteiger partial charge in [0.2, 0.25) is 5.91 Å². The quantitative estimate of drug-likeness (QED) is 0.157. The standard InChI is InChI=1S/C24H43NO3/c1-4-5-6-7-8-9-10-11-12-13-14-15-16-17-18-19-20-25-23(26)21(2)22(3)24(27)28/h11-12H,4-10,13-20H2,1-3H3,(H,25,26)(H,27,28). The highest BCUT2D eigenvalue weighted by atomic mass is 16.4. The lowest BCUT2D eigenvalue weighted by Gasteiger charge is -2.07. The summed E-state index contributed by atoms with van der Waals surface area (Å²) in [5.74, 6) is -1.31. The summed E-state index contributed by atoms with van der Waals surface area (Å²) in [6.07, 6.45) is 22.4. The van der Waals surface area contributed by atoms with E-state index in [0.717, 1.165) is 12.8 Å². The monoisotopic (exact) mass is 393 g/mol. The number of nitrogens with one attached hydrogen (secondary N) is 1. The number of unbranched alkanes of at least 4 members (excludes halogenated alkanes) is 12. The fraction of sp³-hybridized carbons (Fsp3) is 0.750. The molecule has 0 aliphatic rings. The van der Waals surface area contributed by atoms with Gasteiger partial charge in [0.25, 0.3) is 0 Å². The smallest absolute Gasteiger partial charge is 0.331 e. The van der Waals surface area contributed by atoms with E-state index in [1.54, 1.807) is 6.92 Å². The largest absolute Gasteiger partial charge is 0.478 e. The Morgan fingerprint density at radius 3 is 1.68 bits per heavy atom. The van der Waals surface area contributed by atoms with Crippen molar-refractivity contribution in [3.05, 3.63) is 23.3 Å². The van der Waals surface area contributed by atoms with Gasteiger partial charge >= 0.3 is 5.97 Å². The van der Waals surface area contributed by atoms with Crippen molar-refractivity contribution in [1.82, 2.24) is 5.32 Å². The van der Waals surface area contributed by atoms with Crippen LogP contribution in [0.25, 0.3) is 0 Å². The second-order valence-corrected chi connectivity index (χ2v) is 7.75. The molecule has 162 valence electrons. The van der Waals surface area contributed by atoms with Gasteiger partial charge in [-0.2, -0.15) is 0 Å². The van der Waals surface area contributed by atoms with Crippen LogP contribution in [0, 0.1) is 0 Å². The first-order valence-electron chi connectivity index (χ1n) is 11.3. The molecule has 0 radical (unpaired) electrons. The van der Waals surface area contributed by atoms with Gasteiger partial charge in [0.05, 0.1) is 0 Å². The Kier molecular flexibility index (Phi) is 17.7. The molecule has 0 aromatic carbocycles. The molecule has 0 spiro atoms. The molecule has 4 nitrogen and oxygen atoms in total. The van der Waals surface area contributed by atoms with Crippen molar-refractivity contribution in [2.75, 3.05) is 6.54 Å². The molecule has 0 fully saturated rings. The highest BCUT2D eigenvalue weighted by Gasteiger charge is 2.11. The third kappa shape index (κ3) is 15.5. The van der Waals surface area contributed by atoms with E-state index in [9.17, 15) is 9.59 Å². The molecule has 4 heteroatoms. The third-order valence-electron chi connectivity index (χ3n) is 5.20. The lowest BCUT2D eigenvalue weighted by Crippen LogP contribution is -2.26. The minimum Gasteiger partial charge on any atom is -0.478 e. The molecule has 0 heterocycles. The number of aliphatic carboxylic acids is 1. The fourth-order valence-electron chi connectivity index (χ4n) is 3.04. The van der Waals surface area contributed by atoms with Crippen molar-refractivity contribution in [1.29, 1.82) is 0 Å². The molecule has 0 saturated heterocycles. The van der Waals surface area contributed by atoms with Crippen LogP contribution in [0.15, 0.2) is 23.3 Å². The van der Waals surface area contributed by atoms with Gasteiger partial charge in [-0.15, -0.1) is 0 Å². The molecule has 28 heavy (non-hydrogen) atoms. The molecule has 0 atom stereocenters. The summed E-state index contributed by atoms with van der Waals surface area (Å²) in [6.45, 7) is 5.89. The second kappa shape index (κ2) is 18.8. The highest BCUT2D eigenvalue weighted by molar-refractivity contribution is 6.01. The Balaban J connectivity index is 3.42. The number of carbonyl (C=O) groups excluding carboxylic acids is 1. The van der Waals surface area contributed by atoms with Crippen molar-refractivity contribution in [3.63, 3.8) is 0 Å². The molecule has 1 amide bonds. The lowest BCUT2D eigenvalue weighted by molar-refractivity contribution is -0.133. The zero-order valence-electron chi connectivity index (χ0n) is 18.5. The van der Waals surface area contributed by atoms with E-state index in [4.69, 9.17) is 5.11 Å². The first-order chi connectivity index (χ1) is 13.5. The number of allylic oxidation sites excluding steroid dienone is 2. The Bertz CT molecular complexity index is 480. The van der Waals surface area contributed by atoms with E-state index >= 15 is 0 Å². The van der Waals surface area contributed by atoms with Crippen LogP contribution < -0.4 is 5.32 Å². The molecule has 2 N–H and O–H groups in total. The topological polar surface area (TPSA) is 66.4 Å². The second-order valence-electron chi connectivity index (χ2n) is 7.75. The maximum Gasteiger partial charge on any atom is 0.331 e. The van der Waals surface area contributed by atoms with Crippen molar-refractivity contribution in [2.45, 2.75) is 111 Å². The summed E-state index contributed by atoms with van der Waals surface area (Å²) in [5, 5.41) is 11.7. The van der Waals surface area contributed by atoms with Crippen LogP contribution in [0.3, 0.4) is 0 Å². The Hall–Kier alpha value is -1.58. The number of amides is 1. The van der Waals surface area contributed by atoms with Crippen LogP contribution in [0.1, 0.15) is 111 Å². The Morgan fingerprint density at radius 2 is 1.18 bits per heavy atom. The number of carbonyl (C=O) groups is 2. The van der Waals surface area contributed by atoms with Crippen molar-refractivity contribution in [3.8, 4) is 0 Å². The van der Waals surface area contributed by atoms with Crippen LogP contribution in [0.5, 0.6) is 0 Å². The van der Waals surface area contributed by atoms with Gasteiger partial charge in [0.1, 0.15) is 0 Å². The van der Waals surface area contributed by atoms with E-state index in [1.807, 2.05) is 0 Å². The summed E-state index contributed by atoms with van der Waals surface area (Å²) >= 11 is 0. The summed E-state index contributed by atoms with van der Waals surface area (Å²) in [4.78, 5) is 22.6. The normalized spacial score (nSPS) is 12.2. The molecule has 0 saturated carbocycles. The summed E-state index contributed by atoms with van der Waals surface area (Å²) in [6, 6.07) is 0. The molecule has 0 unspecified atom stereocenters. The van der Waals surface area contributed by atoms with E-state index in [2.05, 4.69) is 24.4 Å². The predicted octanol–water partition coefficient (Wildman–Crippen LogP) is 6.56. The highest BCUT2D eigenvalue weighted by Crippen LogP contribution is 2.10. The molecule has 0 bridgehead atoms. The van der Waals surface area contributed by atoms with Gasteiger partial charge in [0, 0.05) is 17.7 Å².